The van der Waals surface area contributed by atoms with Gasteiger partial charge >= 0.3 is 0 Å². The van der Waals surface area contributed by atoms with Crippen LogP contribution in [-0.2, 0) is 0 Å². The molecule has 0 aliphatic heterocycles. The van der Waals surface area contributed by atoms with Gasteiger partial charge in [0.15, 0.2) is 0 Å². The van der Waals surface area contributed by atoms with E-state index in [4.69, 9.17) is 0 Å². The van der Waals surface area contributed by atoms with Gasteiger partial charge in [-0.25, -0.2) is 0 Å². The summed E-state index contributed by atoms with van der Waals surface area (Å²) in [5.41, 5.74) is 4.37. The minimum Gasteiger partial charge on any atom is -0.0654 e. The third-order valence-electron chi connectivity index (χ3n) is 4.51. The van der Waals surface area contributed by atoms with Gasteiger partial charge in [0, 0.05) is 0 Å². The number of aryl methyl sites for hydroxylation is 2. The van der Waals surface area contributed by atoms with Crippen LogP contribution in [0.3, 0.4) is 0 Å². The molecule has 2 rings (SSSR count). The largest absolute Gasteiger partial charge is 0.0654 e. The van der Waals surface area contributed by atoms with Gasteiger partial charge in [0.05, 0.1) is 0 Å². The summed E-state index contributed by atoms with van der Waals surface area (Å²) in [4.78, 5) is 0. The van der Waals surface area contributed by atoms with Crippen LogP contribution in [-0.4, -0.2) is 6.16 Å². The van der Waals surface area contributed by atoms with Crippen LogP contribution in [0.2, 0.25) is 0 Å². The van der Waals surface area contributed by atoms with Crippen molar-refractivity contribution >= 4 is 18.5 Å². The lowest BCUT2D eigenvalue weighted by Crippen LogP contribution is -2.19. The number of unbranched alkanes of at least 4 members (excludes halogenated alkanes) is 3. The van der Waals surface area contributed by atoms with Crippen molar-refractivity contribution < 1.29 is 0 Å². The highest BCUT2D eigenvalue weighted by Crippen LogP contribution is 2.37. The van der Waals surface area contributed by atoms with Crippen LogP contribution in [0.1, 0.15) is 49.3 Å². The number of hydrogen-bond acceptors (Lipinski definition) is 0. The molecule has 0 heterocycles. The molecule has 0 saturated heterocycles. The lowest BCUT2D eigenvalue weighted by atomic mass is 10.1. The molecule has 0 spiro atoms. The van der Waals surface area contributed by atoms with Crippen molar-refractivity contribution in [3.05, 3.63) is 59.2 Å². The molecule has 22 heavy (non-hydrogen) atoms. The topological polar surface area (TPSA) is 0 Å². The molecule has 0 aromatic heterocycles. The van der Waals surface area contributed by atoms with Gasteiger partial charge in [0.1, 0.15) is 0 Å². The van der Waals surface area contributed by atoms with Crippen LogP contribution >= 0.6 is 7.92 Å². The highest BCUT2D eigenvalue weighted by molar-refractivity contribution is 7.73. The first-order valence-corrected chi connectivity index (χ1v) is 10.1. The molecule has 2 aromatic rings. The Balaban J connectivity index is 2.33. The summed E-state index contributed by atoms with van der Waals surface area (Å²) in [6.45, 7) is 9.09. The average molecular weight is 312 g/mol. The van der Waals surface area contributed by atoms with Gasteiger partial charge < -0.3 is 0 Å². The molecular formula is C21H29P. The van der Waals surface area contributed by atoms with E-state index in [1.165, 1.54) is 48.5 Å². The Morgan fingerprint density at radius 1 is 0.727 bits per heavy atom. The maximum Gasteiger partial charge on any atom is -0.0163 e. The maximum absolute atomic E-state index is 2.36. The Morgan fingerprint density at radius 3 is 2.14 bits per heavy atom. The standard InChI is InChI=1S/C21H29P/c1-5-6-7-10-16-22(20-14-9-8-12-18(20)3)21-15-11-13-17(2)19(21)4/h8-9,11-15H,5-7,10,16H2,1-4H3. The summed E-state index contributed by atoms with van der Waals surface area (Å²) in [7, 11) is -0.225. The molecule has 1 unspecified atom stereocenters. The van der Waals surface area contributed by atoms with E-state index < -0.39 is 0 Å². The Morgan fingerprint density at radius 2 is 1.41 bits per heavy atom. The van der Waals surface area contributed by atoms with Crippen LogP contribution in [0, 0.1) is 20.8 Å². The second-order valence-electron chi connectivity index (χ2n) is 6.22. The van der Waals surface area contributed by atoms with E-state index in [-0.39, 0.29) is 7.92 Å². The van der Waals surface area contributed by atoms with Crippen molar-refractivity contribution in [2.75, 3.05) is 6.16 Å². The van der Waals surface area contributed by atoms with Gasteiger partial charge in [-0.1, -0.05) is 68.7 Å². The van der Waals surface area contributed by atoms with E-state index in [0.29, 0.717) is 0 Å². The minimum absolute atomic E-state index is 0.225. The summed E-state index contributed by atoms with van der Waals surface area (Å²) in [5.74, 6) is 0. The average Bonchev–Trinajstić information content (AvgIpc) is 2.52. The predicted molar refractivity (Wildman–Crippen MR) is 102 cm³/mol. The lowest BCUT2D eigenvalue weighted by Gasteiger charge is -2.23. The first-order valence-electron chi connectivity index (χ1n) is 8.54. The van der Waals surface area contributed by atoms with Crippen molar-refractivity contribution in [1.82, 2.24) is 0 Å². The Labute approximate surface area is 137 Å². The summed E-state index contributed by atoms with van der Waals surface area (Å²) >= 11 is 0. The van der Waals surface area contributed by atoms with E-state index in [9.17, 15) is 0 Å². The first kappa shape index (κ1) is 17.2. The quantitative estimate of drug-likeness (QED) is 0.459. The fourth-order valence-corrected chi connectivity index (χ4v) is 5.86. The zero-order chi connectivity index (χ0) is 15.9. The summed E-state index contributed by atoms with van der Waals surface area (Å²) in [5, 5.41) is 3.16. The van der Waals surface area contributed by atoms with Crippen LogP contribution in [0.15, 0.2) is 42.5 Å². The van der Waals surface area contributed by atoms with Gasteiger partial charge in [0.25, 0.3) is 0 Å². The SMILES string of the molecule is CCCCCCP(c1ccccc1C)c1cccc(C)c1C. The molecule has 0 nitrogen and oxygen atoms in total. The highest BCUT2D eigenvalue weighted by atomic mass is 31.1. The fraction of sp³-hybridized carbons (Fsp3) is 0.429. The van der Waals surface area contributed by atoms with Gasteiger partial charge in [-0.2, -0.15) is 0 Å². The van der Waals surface area contributed by atoms with Crippen LogP contribution in [0.5, 0.6) is 0 Å². The molecule has 0 saturated carbocycles. The van der Waals surface area contributed by atoms with Gasteiger partial charge in [-0.3, -0.25) is 0 Å². The summed E-state index contributed by atoms with van der Waals surface area (Å²) < 4.78 is 0. The van der Waals surface area contributed by atoms with Crippen molar-refractivity contribution in [3.8, 4) is 0 Å². The van der Waals surface area contributed by atoms with E-state index in [0.717, 1.165) is 0 Å². The van der Waals surface area contributed by atoms with Crippen LogP contribution in [0.4, 0.5) is 0 Å². The van der Waals surface area contributed by atoms with E-state index >= 15 is 0 Å². The van der Waals surface area contributed by atoms with Crippen molar-refractivity contribution in [3.63, 3.8) is 0 Å². The fourth-order valence-electron chi connectivity index (χ4n) is 2.96. The number of benzene rings is 2. The zero-order valence-electron chi connectivity index (χ0n) is 14.5. The van der Waals surface area contributed by atoms with Gasteiger partial charge in [0.2, 0.25) is 0 Å². The third kappa shape index (κ3) is 4.20. The molecule has 118 valence electrons. The number of hydrogen-bond donors (Lipinski definition) is 0. The first-order chi connectivity index (χ1) is 10.6. The molecule has 2 aromatic carbocycles. The second kappa shape index (κ2) is 8.49. The molecule has 0 aliphatic carbocycles. The van der Waals surface area contributed by atoms with Crippen molar-refractivity contribution in [2.24, 2.45) is 0 Å². The maximum atomic E-state index is 2.36. The molecule has 1 heteroatoms. The van der Waals surface area contributed by atoms with E-state index in [1.807, 2.05) is 0 Å². The summed E-state index contributed by atoms with van der Waals surface area (Å²) in [6.07, 6.45) is 6.72. The molecule has 0 bridgehead atoms. The van der Waals surface area contributed by atoms with E-state index in [2.05, 4.69) is 70.2 Å². The second-order valence-corrected chi connectivity index (χ2v) is 8.48. The minimum atomic E-state index is -0.225. The number of rotatable bonds is 7. The van der Waals surface area contributed by atoms with Gasteiger partial charge in [-0.05, 0) is 68.6 Å². The smallest absolute Gasteiger partial charge is 0.0163 e. The Kier molecular flexibility index (Phi) is 6.65. The third-order valence-corrected chi connectivity index (χ3v) is 7.42. The Bertz CT molecular complexity index is 601. The molecule has 0 radical (unpaired) electrons. The molecule has 0 fully saturated rings. The van der Waals surface area contributed by atoms with Crippen molar-refractivity contribution in [1.29, 1.82) is 0 Å². The van der Waals surface area contributed by atoms with Crippen LogP contribution < -0.4 is 10.6 Å². The molecular weight excluding hydrogens is 283 g/mol. The normalized spacial score (nSPS) is 12.4. The highest BCUT2D eigenvalue weighted by Gasteiger charge is 2.17. The molecule has 0 aliphatic rings. The summed E-state index contributed by atoms with van der Waals surface area (Å²) in [6, 6.07) is 15.8. The Hall–Kier alpha value is -1.13. The zero-order valence-corrected chi connectivity index (χ0v) is 15.4. The lowest BCUT2D eigenvalue weighted by molar-refractivity contribution is 0.705. The molecule has 0 amide bonds. The molecule has 1 atom stereocenters. The van der Waals surface area contributed by atoms with E-state index in [1.54, 1.807) is 10.6 Å². The monoisotopic (exact) mass is 312 g/mol. The van der Waals surface area contributed by atoms with Gasteiger partial charge in [-0.15, -0.1) is 0 Å². The molecule has 0 N–H and O–H groups in total. The van der Waals surface area contributed by atoms with Crippen LogP contribution in [0.25, 0.3) is 0 Å². The predicted octanol–water partition coefficient (Wildman–Crippen LogP) is 5.62. The van der Waals surface area contributed by atoms with Crippen molar-refractivity contribution in [2.45, 2.75) is 53.4 Å².